The highest BCUT2D eigenvalue weighted by Crippen LogP contribution is 2.12. The minimum Gasteiger partial charge on any atom is -0.497 e. The maximum Gasteiger partial charge on any atom is 0.331 e. The molecule has 0 aliphatic carbocycles. The summed E-state index contributed by atoms with van der Waals surface area (Å²) in [5.41, 5.74) is 1.10. The Morgan fingerprint density at radius 3 is 2.31 bits per heavy atom. The second-order valence-corrected chi connectivity index (χ2v) is 6.01. The lowest BCUT2D eigenvalue weighted by molar-refractivity contribution is -0.143. The maximum atomic E-state index is 11.9. The summed E-state index contributed by atoms with van der Waals surface area (Å²) < 4.78 is 10.7. The molecular formula is C19H16BrNO5. The first kappa shape index (κ1) is 19.4. The molecule has 0 aromatic heterocycles. The van der Waals surface area contributed by atoms with Crippen molar-refractivity contribution < 1.29 is 23.9 Å². The van der Waals surface area contributed by atoms with E-state index in [0.29, 0.717) is 11.3 Å². The normalized spacial score (nSPS) is 10.4. The van der Waals surface area contributed by atoms with Crippen LogP contribution in [0.4, 0.5) is 0 Å². The largest absolute Gasteiger partial charge is 0.497 e. The van der Waals surface area contributed by atoms with E-state index in [1.54, 1.807) is 18.2 Å². The van der Waals surface area contributed by atoms with Gasteiger partial charge in [-0.1, -0.05) is 28.1 Å². The fraction of sp³-hybridized carbons (Fsp3) is 0.105. The summed E-state index contributed by atoms with van der Waals surface area (Å²) in [7, 11) is 1.51. The summed E-state index contributed by atoms with van der Waals surface area (Å²) in [5, 5.41) is 2.14. The number of methoxy groups -OCH3 is 1. The zero-order valence-corrected chi connectivity index (χ0v) is 15.5. The summed E-state index contributed by atoms with van der Waals surface area (Å²) in [6.07, 6.45) is 2.77. The van der Waals surface area contributed by atoms with Gasteiger partial charge in [-0.15, -0.1) is 0 Å². The predicted molar refractivity (Wildman–Crippen MR) is 99.6 cm³/mol. The first-order chi connectivity index (χ1) is 12.5. The van der Waals surface area contributed by atoms with Crippen LogP contribution in [0.1, 0.15) is 15.9 Å². The van der Waals surface area contributed by atoms with Gasteiger partial charge >= 0.3 is 5.97 Å². The second-order valence-electron chi connectivity index (χ2n) is 5.10. The molecular weight excluding hydrogens is 402 g/mol. The van der Waals surface area contributed by atoms with Gasteiger partial charge in [0.1, 0.15) is 5.75 Å². The molecule has 1 N–H and O–H groups in total. The van der Waals surface area contributed by atoms with E-state index in [1.807, 2.05) is 24.3 Å². The molecule has 0 bridgehead atoms. The van der Waals surface area contributed by atoms with E-state index < -0.39 is 24.4 Å². The van der Waals surface area contributed by atoms with Crippen LogP contribution in [0.25, 0.3) is 6.08 Å². The maximum absolute atomic E-state index is 11.9. The molecule has 2 rings (SSSR count). The number of hydrogen-bond donors (Lipinski definition) is 1. The summed E-state index contributed by atoms with van der Waals surface area (Å²) >= 11 is 3.32. The fourth-order valence-corrected chi connectivity index (χ4v) is 2.16. The Bertz CT molecular complexity index is 813. The van der Waals surface area contributed by atoms with Crippen LogP contribution in [-0.2, 0) is 14.3 Å². The fourth-order valence-electron chi connectivity index (χ4n) is 1.90. The van der Waals surface area contributed by atoms with Crippen LogP contribution in [0.2, 0.25) is 0 Å². The number of imide groups is 1. The number of carbonyl (C=O) groups is 3. The van der Waals surface area contributed by atoms with Crippen LogP contribution in [0, 0.1) is 0 Å². The minimum absolute atomic E-state index is 0.292. The Morgan fingerprint density at radius 1 is 1.04 bits per heavy atom. The molecule has 0 heterocycles. The average Bonchev–Trinajstić information content (AvgIpc) is 2.66. The zero-order chi connectivity index (χ0) is 18.9. The van der Waals surface area contributed by atoms with Crippen molar-refractivity contribution in [3.05, 3.63) is 70.2 Å². The first-order valence-corrected chi connectivity index (χ1v) is 8.36. The van der Waals surface area contributed by atoms with Crippen molar-refractivity contribution in [1.29, 1.82) is 0 Å². The van der Waals surface area contributed by atoms with Crippen LogP contribution in [0.3, 0.4) is 0 Å². The number of benzene rings is 2. The van der Waals surface area contributed by atoms with Gasteiger partial charge < -0.3 is 9.47 Å². The first-order valence-electron chi connectivity index (χ1n) is 7.56. The highest BCUT2D eigenvalue weighted by atomic mass is 79.9. The molecule has 7 heteroatoms. The second kappa shape index (κ2) is 9.53. The van der Waals surface area contributed by atoms with Crippen LogP contribution in [0.5, 0.6) is 5.75 Å². The van der Waals surface area contributed by atoms with E-state index in [9.17, 15) is 14.4 Å². The van der Waals surface area contributed by atoms with Gasteiger partial charge in [0, 0.05) is 16.1 Å². The van der Waals surface area contributed by atoms with Gasteiger partial charge in [-0.05, 0) is 48.0 Å². The quantitative estimate of drug-likeness (QED) is 0.576. The van der Waals surface area contributed by atoms with E-state index in [-0.39, 0.29) is 0 Å². The lowest BCUT2D eigenvalue weighted by atomic mass is 10.2. The molecule has 0 unspecified atom stereocenters. The predicted octanol–water partition coefficient (Wildman–Crippen LogP) is 2.97. The van der Waals surface area contributed by atoms with Gasteiger partial charge in [-0.25, -0.2) is 4.79 Å². The number of ether oxygens (including phenoxy) is 2. The highest BCUT2D eigenvalue weighted by Gasteiger charge is 2.11. The average molecular weight is 418 g/mol. The Labute approximate surface area is 158 Å². The summed E-state index contributed by atoms with van der Waals surface area (Å²) in [5.74, 6) is -1.38. The summed E-state index contributed by atoms with van der Waals surface area (Å²) in [4.78, 5) is 35.2. The Morgan fingerprint density at radius 2 is 1.69 bits per heavy atom. The molecule has 0 aliphatic heterocycles. The van der Waals surface area contributed by atoms with E-state index in [2.05, 4.69) is 21.2 Å². The van der Waals surface area contributed by atoms with E-state index in [0.717, 1.165) is 10.0 Å². The number of amides is 2. The summed E-state index contributed by atoms with van der Waals surface area (Å²) in [6.45, 7) is -0.550. The zero-order valence-electron chi connectivity index (χ0n) is 13.9. The van der Waals surface area contributed by atoms with Crippen molar-refractivity contribution in [3.63, 3.8) is 0 Å². The van der Waals surface area contributed by atoms with Crippen molar-refractivity contribution in [3.8, 4) is 5.75 Å². The third-order valence-corrected chi connectivity index (χ3v) is 3.76. The van der Waals surface area contributed by atoms with Gasteiger partial charge in [0.2, 0.25) is 0 Å². The number of nitrogens with one attached hydrogen (secondary N) is 1. The Hall–Kier alpha value is -2.93. The lowest BCUT2D eigenvalue weighted by Gasteiger charge is -2.05. The molecule has 2 aromatic rings. The van der Waals surface area contributed by atoms with Crippen molar-refractivity contribution >= 4 is 39.8 Å². The van der Waals surface area contributed by atoms with Gasteiger partial charge in [0.25, 0.3) is 11.8 Å². The van der Waals surface area contributed by atoms with E-state index in [1.165, 1.54) is 25.3 Å². The number of esters is 1. The highest BCUT2D eigenvalue weighted by molar-refractivity contribution is 9.10. The minimum atomic E-state index is -0.712. The van der Waals surface area contributed by atoms with E-state index >= 15 is 0 Å². The monoisotopic (exact) mass is 417 g/mol. The van der Waals surface area contributed by atoms with Crippen molar-refractivity contribution in [1.82, 2.24) is 5.32 Å². The number of carbonyl (C=O) groups excluding carboxylic acids is 3. The standard InChI is InChI=1S/C19H16BrNO5/c1-25-16-9-5-14(6-10-16)19(24)21-17(22)12-26-18(23)11-4-13-2-7-15(20)8-3-13/h2-11H,12H2,1H3,(H,21,22,24)/b11-4+. The third-order valence-electron chi connectivity index (χ3n) is 3.23. The molecule has 2 aromatic carbocycles. The SMILES string of the molecule is COc1ccc(C(=O)NC(=O)COC(=O)/C=C/c2ccc(Br)cc2)cc1. The summed E-state index contributed by atoms with van der Waals surface area (Å²) in [6, 6.07) is 13.6. The molecule has 0 radical (unpaired) electrons. The lowest BCUT2D eigenvalue weighted by Crippen LogP contribution is -2.34. The molecule has 0 aliphatic rings. The Kier molecular flexibility index (Phi) is 7.11. The smallest absolute Gasteiger partial charge is 0.331 e. The third kappa shape index (κ3) is 6.18. The van der Waals surface area contributed by atoms with Gasteiger partial charge in [0.05, 0.1) is 7.11 Å². The van der Waals surface area contributed by atoms with E-state index in [4.69, 9.17) is 9.47 Å². The number of rotatable bonds is 6. The molecule has 0 fully saturated rings. The Balaban J connectivity index is 1.79. The molecule has 2 amide bonds. The van der Waals surface area contributed by atoms with Crippen LogP contribution < -0.4 is 10.1 Å². The van der Waals surface area contributed by atoms with Crippen molar-refractivity contribution in [2.75, 3.05) is 13.7 Å². The van der Waals surface area contributed by atoms with Crippen LogP contribution >= 0.6 is 15.9 Å². The van der Waals surface area contributed by atoms with Gasteiger partial charge in [-0.3, -0.25) is 14.9 Å². The van der Waals surface area contributed by atoms with Gasteiger partial charge in [0.15, 0.2) is 6.61 Å². The van der Waals surface area contributed by atoms with Gasteiger partial charge in [-0.2, -0.15) is 0 Å². The van der Waals surface area contributed by atoms with Crippen LogP contribution in [-0.4, -0.2) is 31.5 Å². The molecule has 0 spiro atoms. The topological polar surface area (TPSA) is 81.7 Å². The number of halogens is 1. The molecule has 0 atom stereocenters. The van der Waals surface area contributed by atoms with Crippen molar-refractivity contribution in [2.24, 2.45) is 0 Å². The molecule has 0 saturated carbocycles. The molecule has 134 valence electrons. The molecule has 26 heavy (non-hydrogen) atoms. The number of hydrogen-bond acceptors (Lipinski definition) is 5. The van der Waals surface area contributed by atoms with Crippen LogP contribution in [0.15, 0.2) is 59.1 Å². The molecule has 0 saturated heterocycles. The molecule has 6 nitrogen and oxygen atoms in total. The van der Waals surface area contributed by atoms with Crippen molar-refractivity contribution in [2.45, 2.75) is 0 Å².